The molecule has 1 aliphatic rings. The number of aromatic carboxylic acids is 1. The summed E-state index contributed by atoms with van der Waals surface area (Å²) in [5, 5.41) is 13.1. The Labute approximate surface area is 103 Å². The minimum atomic E-state index is -0.937. The molecule has 18 heavy (non-hydrogen) atoms. The van der Waals surface area contributed by atoms with Gasteiger partial charge in [-0.1, -0.05) is 5.18 Å². The van der Waals surface area contributed by atoms with Crippen molar-refractivity contribution >= 4 is 16.9 Å². The number of rotatable bonds is 2. The summed E-state index contributed by atoms with van der Waals surface area (Å²) in [5.41, 5.74) is 3.05. The van der Waals surface area contributed by atoms with E-state index in [1.165, 1.54) is 0 Å². The molecular formula is C13H12N2O3. The van der Waals surface area contributed by atoms with Crippen molar-refractivity contribution in [1.82, 2.24) is 4.98 Å². The lowest BCUT2D eigenvalue weighted by atomic mass is 9.92. The molecule has 1 aromatic heterocycles. The first-order chi connectivity index (χ1) is 8.70. The smallest absolute Gasteiger partial charge is 0.335 e. The van der Waals surface area contributed by atoms with Gasteiger partial charge in [0.15, 0.2) is 0 Å². The van der Waals surface area contributed by atoms with Crippen LogP contribution >= 0.6 is 0 Å². The van der Waals surface area contributed by atoms with Crippen LogP contribution in [0.4, 0.5) is 0 Å². The zero-order valence-electron chi connectivity index (χ0n) is 9.64. The fraction of sp³-hybridized carbons (Fsp3) is 0.308. The average molecular weight is 244 g/mol. The Morgan fingerprint density at radius 1 is 1.44 bits per heavy atom. The maximum Gasteiger partial charge on any atom is 0.335 e. The first-order valence-corrected chi connectivity index (χ1v) is 5.91. The minimum absolute atomic E-state index is 0.269. The molecule has 5 heteroatoms. The largest absolute Gasteiger partial charge is 0.478 e. The number of hydrogen-bond acceptors (Lipinski definition) is 3. The van der Waals surface area contributed by atoms with Gasteiger partial charge in [0.05, 0.1) is 5.56 Å². The average Bonchev–Trinajstić information content (AvgIpc) is 2.76. The first kappa shape index (κ1) is 11.0. The summed E-state index contributed by atoms with van der Waals surface area (Å²) in [6.07, 6.45) is 2.53. The molecule has 0 aliphatic heterocycles. The van der Waals surface area contributed by atoms with E-state index in [0.717, 1.165) is 41.4 Å². The monoisotopic (exact) mass is 244 g/mol. The molecule has 0 bridgehead atoms. The van der Waals surface area contributed by atoms with Crippen molar-refractivity contribution in [2.45, 2.75) is 25.3 Å². The Morgan fingerprint density at radius 3 is 3.00 bits per heavy atom. The Bertz CT molecular complexity index is 645. The second-order valence-electron chi connectivity index (χ2n) is 4.60. The van der Waals surface area contributed by atoms with E-state index in [1.54, 1.807) is 18.2 Å². The normalized spacial score (nSPS) is 18.6. The Kier molecular flexibility index (Phi) is 2.40. The molecule has 0 saturated heterocycles. The predicted molar refractivity (Wildman–Crippen MR) is 66.7 cm³/mol. The summed E-state index contributed by atoms with van der Waals surface area (Å²) in [7, 11) is 0. The number of H-pyrrole nitrogens is 1. The number of hydrogen-bond donors (Lipinski definition) is 2. The molecule has 5 nitrogen and oxygen atoms in total. The zero-order valence-corrected chi connectivity index (χ0v) is 9.64. The highest BCUT2D eigenvalue weighted by atomic mass is 16.4. The summed E-state index contributed by atoms with van der Waals surface area (Å²) < 4.78 is 0. The second-order valence-corrected chi connectivity index (χ2v) is 4.60. The molecule has 1 aromatic carbocycles. The SMILES string of the molecule is O=NC1CCCc2c1[nH]c1ccc(C(=O)O)cc21. The molecule has 1 aliphatic carbocycles. The molecule has 92 valence electrons. The van der Waals surface area contributed by atoms with Crippen LogP contribution in [0.1, 0.15) is 40.5 Å². The van der Waals surface area contributed by atoms with E-state index in [2.05, 4.69) is 10.2 Å². The number of aromatic nitrogens is 1. The quantitative estimate of drug-likeness (QED) is 0.796. The van der Waals surface area contributed by atoms with Gasteiger partial charge in [0.25, 0.3) is 0 Å². The van der Waals surface area contributed by atoms with E-state index >= 15 is 0 Å². The van der Waals surface area contributed by atoms with Gasteiger partial charge in [-0.2, -0.15) is 4.91 Å². The number of benzene rings is 1. The van der Waals surface area contributed by atoms with E-state index < -0.39 is 5.97 Å². The lowest BCUT2D eigenvalue weighted by Crippen LogP contribution is -2.06. The molecule has 2 aromatic rings. The number of nitrogens with one attached hydrogen (secondary N) is 1. The maximum atomic E-state index is 11.0. The van der Waals surface area contributed by atoms with Crippen LogP contribution < -0.4 is 0 Å². The van der Waals surface area contributed by atoms with Crippen LogP contribution in [0, 0.1) is 4.91 Å². The van der Waals surface area contributed by atoms with Crippen LogP contribution in [0.5, 0.6) is 0 Å². The Balaban J connectivity index is 2.24. The third kappa shape index (κ3) is 1.51. The van der Waals surface area contributed by atoms with Gasteiger partial charge in [-0.25, -0.2) is 4.79 Å². The van der Waals surface area contributed by atoms with Gasteiger partial charge in [0.2, 0.25) is 0 Å². The lowest BCUT2D eigenvalue weighted by molar-refractivity contribution is 0.0697. The fourth-order valence-corrected chi connectivity index (χ4v) is 2.68. The van der Waals surface area contributed by atoms with Crippen molar-refractivity contribution in [2.24, 2.45) is 5.18 Å². The van der Waals surface area contributed by atoms with E-state index in [1.807, 2.05) is 0 Å². The molecule has 1 atom stereocenters. The zero-order chi connectivity index (χ0) is 12.7. The Hall–Kier alpha value is -2.17. The van der Waals surface area contributed by atoms with Gasteiger partial charge >= 0.3 is 5.97 Å². The number of carboxylic acid groups (broad SMARTS) is 1. The van der Waals surface area contributed by atoms with Crippen LogP contribution in [-0.2, 0) is 6.42 Å². The van der Waals surface area contributed by atoms with E-state index in [9.17, 15) is 9.70 Å². The van der Waals surface area contributed by atoms with Crippen molar-refractivity contribution < 1.29 is 9.90 Å². The van der Waals surface area contributed by atoms with Gasteiger partial charge in [-0.3, -0.25) is 0 Å². The predicted octanol–water partition coefficient (Wildman–Crippen LogP) is 3.01. The minimum Gasteiger partial charge on any atom is -0.478 e. The molecule has 0 saturated carbocycles. The lowest BCUT2D eigenvalue weighted by Gasteiger charge is -2.15. The summed E-state index contributed by atoms with van der Waals surface area (Å²) in [4.78, 5) is 25.0. The third-order valence-corrected chi connectivity index (χ3v) is 3.55. The number of carboxylic acids is 1. The molecule has 2 N–H and O–H groups in total. The second kappa shape index (κ2) is 3.94. The number of aryl methyl sites for hydroxylation is 1. The first-order valence-electron chi connectivity index (χ1n) is 5.91. The van der Waals surface area contributed by atoms with Crippen LogP contribution in [0.2, 0.25) is 0 Å². The van der Waals surface area contributed by atoms with Gasteiger partial charge < -0.3 is 10.1 Å². The Morgan fingerprint density at radius 2 is 2.28 bits per heavy atom. The highest BCUT2D eigenvalue weighted by Crippen LogP contribution is 2.36. The summed E-state index contributed by atoms with van der Waals surface area (Å²) in [5.74, 6) is -0.937. The van der Waals surface area contributed by atoms with Crippen molar-refractivity contribution in [3.8, 4) is 0 Å². The third-order valence-electron chi connectivity index (χ3n) is 3.55. The van der Waals surface area contributed by atoms with Gasteiger partial charge in [-0.05, 0) is 43.0 Å². The molecule has 1 unspecified atom stereocenters. The fourth-order valence-electron chi connectivity index (χ4n) is 2.68. The van der Waals surface area contributed by atoms with Crippen LogP contribution in [-0.4, -0.2) is 16.1 Å². The molecule has 0 spiro atoms. The molecule has 0 amide bonds. The maximum absolute atomic E-state index is 11.0. The van der Waals surface area contributed by atoms with Crippen LogP contribution in [0.15, 0.2) is 23.4 Å². The molecule has 0 radical (unpaired) electrons. The number of nitrogens with zero attached hydrogens (tertiary/aromatic N) is 1. The standard InChI is InChI=1S/C13H12N2O3/c16-13(17)7-4-5-10-9(6-7)8-2-1-3-11(15-18)12(8)14-10/h4-6,11,14H,1-3H2,(H,16,17). The van der Waals surface area contributed by atoms with E-state index in [4.69, 9.17) is 5.11 Å². The summed E-state index contributed by atoms with van der Waals surface area (Å²) >= 11 is 0. The summed E-state index contributed by atoms with van der Waals surface area (Å²) in [6, 6.07) is 4.66. The van der Waals surface area contributed by atoms with E-state index in [-0.39, 0.29) is 11.6 Å². The van der Waals surface area contributed by atoms with Crippen molar-refractivity contribution in [3.05, 3.63) is 39.9 Å². The molecule has 1 heterocycles. The van der Waals surface area contributed by atoms with Crippen LogP contribution in [0.3, 0.4) is 0 Å². The highest BCUT2D eigenvalue weighted by molar-refractivity contribution is 5.95. The van der Waals surface area contributed by atoms with E-state index in [0.29, 0.717) is 0 Å². The van der Waals surface area contributed by atoms with Gasteiger partial charge in [-0.15, -0.1) is 0 Å². The van der Waals surface area contributed by atoms with Crippen molar-refractivity contribution in [2.75, 3.05) is 0 Å². The topological polar surface area (TPSA) is 82.5 Å². The number of fused-ring (bicyclic) bond motifs is 3. The van der Waals surface area contributed by atoms with Crippen molar-refractivity contribution in [3.63, 3.8) is 0 Å². The van der Waals surface area contributed by atoms with Crippen LogP contribution in [0.25, 0.3) is 10.9 Å². The summed E-state index contributed by atoms with van der Waals surface area (Å²) in [6.45, 7) is 0. The molecular weight excluding hydrogens is 232 g/mol. The highest BCUT2D eigenvalue weighted by Gasteiger charge is 2.25. The molecule has 3 rings (SSSR count). The number of carbonyl (C=O) groups is 1. The van der Waals surface area contributed by atoms with Crippen molar-refractivity contribution in [1.29, 1.82) is 0 Å². The molecule has 0 fully saturated rings. The van der Waals surface area contributed by atoms with Gasteiger partial charge in [0, 0.05) is 16.6 Å². The number of aromatic amines is 1. The number of nitroso groups, excluding NO2 is 1. The van der Waals surface area contributed by atoms with Gasteiger partial charge in [0.1, 0.15) is 6.04 Å².